The minimum atomic E-state index is -0.485. The molecule has 0 unspecified atom stereocenters. The number of rotatable bonds is 3. The molecule has 0 aliphatic carbocycles. The highest BCUT2D eigenvalue weighted by atomic mass is 79.9. The van der Waals surface area contributed by atoms with Crippen molar-refractivity contribution in [3.05, 3.63) is 40.2 Å². The van der Waals surface area contributed by atoms with Crippen molar-refractivity contribution in [3.8, 4) is 11.3 Å². The maximum Gasteiger partial charge on any atom is 0.358 e. The third-order valence-electron chi connectivity index (χ3n) is 2.29. The summed E-state index contributed by atoms with van der Waals surface area (Å²) in [7, 11) is 0. The van der Waals surface area contributed by atoms with Crippen LogP contribution in [0.3, 0.4) is 0 Å². The maximum absolute atomic E-state index is 13.1. The predicted molar refractivity (Wildman–Crippen MR) is 67.6 cm³/mol. The van der Waals surface area contributed by atoms with E-state index in [-0.39, 0.29) is 11.5 Å². The third kappa shape index (κ3) is 2.59. The monoisotopic (exact) mass is 312 g/mol. The Kier molecular flexibility index (Phi) is 3.76. The van der Waals surface area contributed by atoms with Gasteiger partial charge in [0, 0.05) is 5.56 Å². The number of aromatic nitrogens is 2. The Hall–Kier alpha value is -1.69. The molecule has 1 heterocycles. The molecule has 0 amide bonds. The van der Waals surface area contributed by atoms with Crippen molar-refractivity contribution in [1.82, 2.24) is 10.2 Å². The molecule has 2 rings (SSSR count). The molecule has 0 spiro atoms. The van der Waals surface area contributed by atoms with Crippen LogP contribution in [0.2, 0.25) is 0 Å². The fraction of sp³-hybridized carbons (Fsp3) is 0.167. The molecule has 94 valence electrons. The first-order chi connectivity index (χ1) is 8.61. The van der Waals surface area contributed by atoms with Gasteiger partial charge in [-0.25, -0.2) is 9.18 Å². The Morgan fingerprint density at radius 3 is 2.94 bits per heavy atom. The quantitative estimate of drug-likeness (QED) is 0.886. The Balaban J connectivity index is 2.29. The maximum atomic E-state index is 13.1. The number of nitrogens with zero attached hydrogens (tertiary/aromatic N) is 1. The lowest BCUT2D eigenvalue weighted by Crippen LogP contribution is -2.04. The number of nitrogens with one attached hydrogen (secondary N) is 1. The van der Waals surface area contributed by atoms with E-state index in [1.807, 2.05) is 0 Å². The van der Waals surface area contributed by atoms with Crippen molar-refractivity contribution >= 4 is 21.9 Å². The molecule has 1 aromatic heterocycles. The summed E-state index contributed by atoms with van der Waals surface area (Å²) >= 11 is 3.10. The van der Waals surface area contributed by atoms with E-state index < -0.39 is 5.97 Å². The first-order valence-electron chi connectivity index (χ1n) is 5.29. The van der Waals surface area contributed by atoms with Crippen LogP contribution in [-0.4, -0.2) is 22.8 Å². The van der Waals surface area contributed by atoms with Gasteiger partial charge in [-0.1, -0.05) is 0 Å². The van der Waals surface area contributed by atoms with Crippen LogP contribution in [0.5, 0.6) is 0 Å². The molecule has 0 saturated carbocycles. The molecule has 4 nitrogen and oxygen atoms in total. The molecule has 0 atom stereocenters. The summed E-state index contributed by atoms with van der Waals surface area (Å²) < 4.78 is 18.3. The highest BCUT2D eigenvalue weighted by Gasteiger charge is 2.12. The summed E-state index contributed by atoms with van der Waals surface area (Å²) in [6.45, 7) is 2.02. The zero-order chi connectivity index (χ0) is 13.1. The SMILES string of the molecule is CCOC(=O)c1cc(-c2ccc(F)c(Br)c2)[nH]n1. The van der Waals surface area contributed by atoms with E-state index in [0.29, 0.717) is 16.8 Å². The molecule has 1 aromatic carbocycles. The Morgan fingerprint density at radius 2 is 2.28 bits per heavy atom. The van der Waals surface area contributed by atoms with Crippen molar-refractivity contribution in [3.63, 3.8) is 0 Å². The number of esters is 1. The fourth-order valence-corrected chi connectivity index (χ4v) is 1.82. The van der Waals surface area contributed by atoms with Crippen LogP contribution in [0.15, 0.2) is 28.7 Å². The van der Waals surface area contributed by atoms with Crippen LogP contribution in [0.25, 0.3) is 11.3 Å². The second-order valence-corrected chi connectivity index (χ2v) is 4.37. The van der Waals surface area contributed by atoms with Crippen LogP contribution >= 0.6 is 15.9 Å². The second-order valence-electron chi connectivity index (χ2n) is 3.52. The van der Waals surface area contributed by atoms with Gasteiger partial charge in [0.2, 0.25) is 0 Å². The summed E-state index contributed by atoms with van der Waals surface area (Å²) in [4.78, 5) is 11.4. The number of hydrogen-bond donors (Lipinski definition) is 1. The minimum absolute atomic E-state index is 0.201. The van der Waals surface area contributed by atoms with Crippen LogP contribution < -0.4 is 0 Å². The smallest absolute Gasteiger partial charge is 0.358 e. The molecular formula is C12H10BrFN2O2. The third-order valence-corrected chi connectivity index (χ3v) is 2.90. The van der Waals surface area contributed by atoms with E-state index in [2.05, 4.69) is 26.1 Å². The first-order valence-corrected chi connectivity index (χ1v) is 6.09. The van der Waals surface area contributed by atoms with Gasteiger partial charge < -0.3 is 4.74 Å². The van der Waals surface area contributed by atoms with E-state index in [0.717, 1.165) is 5.56 Å². The largest absolute Gasteiger partial charge is 0.461 e. The van der Waals surface area contributed by atoms with Crippen LogP contribution in [-0.2, 0) is 4.74 Å². The second kappa shape index (κ2) is 5.30. The molecule has 18 heavy (non-hydrogen) atoms. The van der Waals surface area contributed by atoms with Gasteiger partial charge in [-0.3, -0.25) is 5.10 Å². The standard InChI is InChI=1S/C12H10BrFN2O2/c1-2-18-12(17)11-6-10(15-16-11)7-3-4-9(14)8(13)5-7/h3-6H,2H2,1H3,(H,15,16). The number of carbonyl (C=O) groups is 1. The van der Waals surface area contributed by atoms with Gasteiger partial charge in [0.25, 0.3) is 0 Å². The van der Waals surface area contributed by atoms with Gasteiger partial charge in [0.05, 0.1) is 16.8 Å². The average molecular weight is 313 g/mol. The highest BCUT2D eigenvalue weighted by Crippen LogP contribution is 2.24. The lowest BCUT2D eigenvalue weighted by Gasteiger charge is -1.99. The van der Waals surface area contributed by atoms with Crippen molar-refractivity contribution in [1.29, 1.82) is 0 Å². The van der Waals surface area contributed by atoms with Crippen LogP contribution in [0.4, 0.5) is 4.39 Å². The minimum Gasteiger partial charge on any atom is -0.461 e. The van der Waals surface area contributed by atoms with E-state index in [1.54, 1.807) is 25.1 Å². The van der Waals surface area contributed by atoms with Crippen molar-refractivity contribution < 1.29 is 13.9 Å². The van der Waals surface area contributed by atoms with Gasteiger partial charge in [-0.2, -0.15) is 5.10 Å². The lowest BCUT2D eigenvalue weighted by molar-refractivity contribution is 0.0519. The number of carbonyl (C=O) groups excluding carboxylic acids is 1. The van der Waals surface area contributed by atoms with E-state index in [1.165, 1.54) is 6.07 Å². The summed E-state index contributed by atoms with van der Waals surface area (Å²) in [6.07, 6.45) is 0. The number of benzene rings is 1. The topological polar surface area (TPSA) is 55.0 Å². The lowest BCUT2D eigenvalue weighted by atomic mass is 10.1. The Bertz CT molecular complexity index is 583. The van der Waals surface area contributed by atoms with Crippen LogP contribution in [0, 0.1) is 5.82 Å². The van der Waals surface area contributed by atoms with Crippen LogP contribution in [0.1, 0.15) is 17.4 Å². The number of aromatic amines is 1. The summed E-state index contributed by atoms with van der Waals surface area (Å²) in [5.41, 5.74) is 1.55. The molecule has 2 aromatic rings. The summed E-state index contributed by atoms with van der Waals surface area (Å²) in [5.74, 6) is -0.829. The van der Waals surface area contributed by atoms with Crippen molar-refractivity contribution in [2.75, 3.05) is 6.61 Å². The van der Waals surface area contributed by atoms with Gasteiger partial charge >= 0.3 is 5.97 Å². The van der Waals surface area contributed by atoms with Gasteiger partial charge in [-0.05, 0) is 47.1 Å². The molecule has 0 fully saturated rings. The van der Waals surface area contributed by atoms with E-state index >= 15 is 0 Å². The van der Waals surface area contributed by atoms with Gasteiger partial charge in [-0.15, -0.1) is 0 Å². The number of H-pyrrole nitrogens is 1. The van der Waals surface area contributed by atoms with Gasteiger partial charge in [0.15, 0.2) is 5.69 Å². The Morgan fingerprint density at radius 1 is 1.50 bits per heavy atom. The average Bonchev–Trinajstić information content (AvgIpc) is 2.82. The number of hydrogen-bond acceptors (Lipinski definition) is 3. The first kappa shape index (κ1) is 12.8. The summed E-state index contributed by atoms with van der Waals surface area (Å²) in [5, 5.41) is 6.57. The molecular weight excluding hydrogens is 303 g/mol. The summed E-state index contributed by atoms with van der Waals surface area (Å²) in [6, 6.07) is 6.11. The van der Waals surface area contributed by atoms with Crippen molar-refractivity contribution in [2.24, 2.45) is 0 Å². The fourth-order valence-electron chi connectivity index (χ4n) is 1.44. The molecule has 0 radical (unpaired) electrons. The highest BCUT2D eigenvalue weighted by molar-refractivity contribution is 9.10. The molecule has 0 bridgehead atoms. The zero-order valence-corrected chi connectivity index (χ0v) is 11.1. The van der Waals surface area contributed by atoms with E-state index in [9.17, 15) is 9.18 Å². The molecule has 6 heteroatoms. The zero-order valence-electron chi connectivity index (χ0n) is 9.54. The number of ether oxygens (including phenoxy) is 1. The number of halogens is 2. The molecule has 1 N–H and O–H groups in total. The molecule has 0 aliphatic heterocycles. The van der Waals surface area contributed by atoms with E-state index in [4.69, 9.17) is 4.74 Å². The molecule has 0 aliphatic rings. The molecule has 0 saturated heterocycles. The van der Waals surface area contributed by atoms with Gasteiger partial charge in [0.1, 0.15) is 5.82 Å². The Labute approximate surface area is 111 Å². The predicted octanol–water partition coefficient (Wildman–Crippen LogP) is 3.16. The normalized spacial score (nSPS) is 10.4. The van der Waals surface area contributed by atoms with Crippen molar-refractivity contribution in [2.45, 2.75) is 6.92 Å².